The van der Waals surface area contributed by atoms with Crippen LogP contribution in [0.5, 0.6) is 0 Å². The minimum atomic E-state index is -0.498. The third-order valence-electron chi connectivity index (χ3n) is 6.31. The zero-order valence-corrected chi connectivity index (χ0v) is 20.9. The monoisotopic (exact) mass is 522 g/mol. The molecule has 0 radical (unpaired) electrons. The minimum Gasteiger partial charge on any atom is -0.453 e. The summed E-state index contributed by atoms with van der Waals surface area (Å²) in [7, 11) is 1.31. The summed E-state index contributed by atoms with van der Waals surface area (Å²) in [5.74, 6) is 0.999. The number of alkyl carbamates (subject to hydrolysis) is 1. The molecule has 2 fully saturated rings. The lowest BCUT2D eigenvalue weighted by Crippen LogP contribution is -2.33. The average Bonchev–Trinajstić information content (AvgIpc) is 3.34. The molecule has 3 heterocycles. The van der Waals surface area contributed by atoms with E-state index in [0.29, 0.717) is 53.1 Å². The number of nitrogens with zero attached hydrogens (tertiary/aromatic N) is 3. The van der Waals surface area contributed by atoms with Crippen LogP contribution >= 0.6 is 23.2 Å². The minimum absolute atomic E-state index is 0.0996. The first-order valence-electron chi connectivity index (χ1n) is 11.6. The van der Waals surface area contributed by atoms with Crippen LogP contribution in [0.2, 0.25) is 10.2 Å². The number of hydrogen-bond donors (Lipinski definition) is 3. The fraction of sp³-hybridized carbons (Fsp3) is 0.522. The molecule has 0 bridgehead atoms. The molecule has 2 aliphatic rings. The van der Waals surface area contributed by atoms with Crippen molar-refractivity contribution in [3.8, 4) is 11.3 Å². The predicted octanol–water partition coefficient (Wildman–Crippen LogP) is 4.15. The van der Waals surface area contributed by atoms with Crippen molar-refractivity contribution in [1.82, 2.24) is 20.3 Å². The van der Waals surface area contributed by atoms with Gasteiger partial charge in [-0.25, -0.2) is 19.7 Å². The van der Waals surface area contributed by atoms with E-state index in [2.05, 4.69) is 35.6 Å². The van der Waals surface area contributed by atoms with Gasteiger partial charge in [0.2, 0.25) is 5.91 Å². The van der Waals surface area contributed by atoms with Gasteiger partial charge in [-0.05, 0) is 44.1 Å². The lowest BCUT2D eigenvalue weighted by molar-refractivity contribution is -0.119. The van der Waals surface area contributed by atoms with Crippen molar-refractivity contribution < 1.29 is 19.1 Å². The van der Waals surface area contributed by atoms with Crippen molar-refractivity contribution in [2.24, 2.45) is 11.8 Å². The van der Waals surface area contributed by atoms with E-state index in [0.717, 1.165) is 32.6 Å². The Hall–Kier alpha value is -2.69. The highest BCUT2D eigenvalue weighted by molar-refractivity contribution is 6.35. The van der Waals surface area contributed by atoms with Crippen LogP contribution in [0.25, 0.3) is 11.3 Å². The van der Waals surface area contributed by atoms with Gasteiger partial charge < -0.3 is 25.4 Å². The Morgan fingerprint density at radius 2 is 1.91 bits per heavy atom. The van der Waals surface area contributed by atoms with Crippen molar-refractivity contribution >= 4 is 46.8 Å². The summed E-state index contributed by atoms with van der Waals surface area (Å²) in [6.45, 7) is 2.31. The Morgan fingerprint density at radius 3 is 2.69 bits per heavy atom. The van der Waals surface area contributed by atoms with Gasteiger partial charge in [-0.3, -0.25) is 4.79 Å². The molecule has 12 heteroatoms. The van der Waals surface area contributed by atoms with Crippen molar-refractivity contribution in [2.45, 2.75) is 38.1 Å². The van der Waals surface area contributed by atoms with Gasteiger partial charge in [-0.2, -0.15) is 0 Å². The van der Waals surface area contributed by atoms with E-state index < -0.39 is 6.09 Å². The van der Waals surface area contributed by atoms with Crippen LogP contribution < -0.4 is 16.0 Å². The lowest BCUT2D eigenvalue weighted by Gasteiger charge is -2.22. The smallest absolute Gasteiger partial charge is 0.407 e. The van der Waals surface area contributed by atoms with Crippen molar-refractivity contribution in [3.05, 3.63) is 28.6 Å². The summed E-state index contributed by atoms with van der Waals surface area (Å²) in [6, 6.07) is 1.54. The number of anilines is 2. The number of hydrogen-bond acceptors (Lipinski definition) is 8. The maximum absolute atomic E-state index is 12.8. The van der Waals surface area contributed by atoms with E-state index in [1.165, 1.54) is 13.3 Å². The summed E-state index contributed by atoms with van der Waals surface area (Å²) in [6.07, 6.45) is 6.41. The first kappa shape index (κ1) is 25.4. The summed E-state index contributed by atoms with van der Waals surface area (Å²) >= 11 is 12.8. The molecule has 1 saturated heterocycles. The second-order valence-electron chi connectivity index (χ2n) is 8.71. The van der Waals surface area contributed by atoms with Crippen LogP contribution in [0.15, 0.2) is 18.5 Å². The molecule has 2 aromatic rings. The van der Waals surface area contributed by atoms with Crippen LogP contribution in [-0.2, 0) is 14.3 Å². The molecular weight excluding hydrogens is 495 g/mol. The van der Waals surface area contributed by atoms with E-state index in [-0.39, 0.29) is 23.0 Å². The van der Waals surface area contributed by atoms with Gasteiger partial charge in [0.05, 0.1) is 18.3 Å². The number of pyridine rings is 1. The number of amides is 2. The van der Waals surface area contributed by atoms with Gasteiger partial charge in [0.1, 0.15) is 17.3 Å². The molecule has 3 N–H and O–H groups in total. The maximum atomic E-state index is 12.8. The highest BCUT2D eigenvalue weighted by atomic mass is 35.5. The molecule has 2 atom stereocenters. The molecule has 1 aliphatic heterocycles. The molecule has 0 spiro atoms. The van der Waals surface area contributed by atoms with Gasteiger partial charge in [0.15, 0.2) is 5.15 Å². The molecule has 35 heavy (non-hydrogen) atoms. The zero-order chi connectivity index (χ0) is 24.8. The molecule has 1 saturated carbocycles. The van der Waals surface area contributed by atoms with Crippen LogP contribution in [0.3, 0.4) is 0 Å². The molecule has 10 nitrogen and oxygen atoms in total. The normalized spacial score (nSPS) is 20.3. The fourth-order valence-corrected chi connectivity index (χ4v) is 4.71. The van der Waals surface area contributed by atoms with Gasteiger partial charge in [-0.15, -0.1) is 0 Å². The van der Waals surface area contributed by atoms with Gasteiger partial charge in [0.25, 0.3) is 0 Å². The SMILES string of the molecule is COC(=O)N[C@@H]1CC[C@H](C(=O)Nc2cc(-c3nc(NCC4CCOCC4)cnc3Cl)c(Cl)cn2)C1. The second-order valence-corrected chi connectivity index (χ2v) is 9.48. The van der Waals surface area contributed by atoms with Crippen LogP contribution in [-0.4, -0.2) is 59.9 Å². The highest BCUT2D eigenvalue weighted by Crippen LogP contribution is 2.33. The van der Waals surface area contributed by atoms with Gasteiger partial charge >= 0.3 is 6.09 Å². The number of carbonyl (C=O) groups excluding carboxylic acids is 2. The van der Waals surface area contributed by atoms with Crippen LogP contribution in [0.1, 0.15) is 32.1 Å². The van der Waals surface area contributed by atoms with Crippen molar-refractivity contribution in [3.63, 3.8) is 0 Å². The molecule has 0 aromatic carbocycles. The number of carbonyl (C=O) groups is 2. The largest absolute Gasteiger partial charge is 0.453 e. The molecule has 0 unspecified atom stereocenters. The Balaban J connectivity index is 1.43. The molecule has 188 valence electrons. The molecular formula is C23H28Cl2N6O4. The van der Waals surface area contributed by atoms with E-state index in [1.807, 2.05) is 0 Å². The Morgan fingerprint density at radius 1 is 1.11 bits per heavy atom. The number of nitrogens with one attached hydrogen (secondary N) is 3. The molecule has 2 aromatic heterocycles. The quantitative estimate of drug-likeness (QED) is 0.494. The number of rotatable bonds is 7. The highest BCUT2D eigenvalue weighted by Gasteiger charge is 2.31. The van der Waals surface area contributed by atoms with Crippen molar-refractivity contribution in [2.75, 3.05) is 37.5 Å². The Labute approximate surface area is 213 Å². The lowest BCUT2D eigenvalue weighted by atomic mass is 10.0. The zero-order valence-electron chi connectivity index (χ0n) is 19.4. The molecule has 1 aliphatic carbocycles. The first-order chi connectivity index (χ1) is 16.9. The van der Waals surface area contributed by atoms with E-state index in [1.54, 1.807) is 12.3 Å². The predicted molar refractivity (Wildman–Crippen MR) is 133 cm³/mol. The summed E-state index contributed by atoms with van der Waals surface area (Å²) in [5.41, 5.74) is 0.913. The maximum Gasteiger partial charge on any atom is 0.407 e. The Bertz CT molecular complexity index is 1070. The summed E-state index contributed by atoms with van der Waals surface area (Å²) in [5, 5.41) is 9.43. The fourth-order valence-electron chi connectivity index (χ4n) is 4.32. The Kier molecular flexibility index (Phi) is 8.59. The summed E-state index contributed by atoms with van der Waals surface area (Å²) < 4.78 is 10.0. The van der Waals surface area contributed by atoms with E-state index >= 15 is 0 Å². The standard InChI is InChI=1S/C23H28Cl2N6O4/c1-34-23(33)29-15-3-2-14(8-15)22(32)31-18-9-16(17(24)11-27-18)20-21(25)28-12-19(30-20)26-10-13-4-6-35-7-5-13/h9,11-15H,2-8,10H2,1H3,(H,26,30)(H,29,33)(H,27,31,32)/t14-,15+/m0/s1. The molecule has 2 amide bonds. The van der Waals surface area contributed by atoms with Gasteiger partial charge in [0, 0.05) is 43.5 Å². The van der Waals surface area contributed by atoms with Crippen LogP contribution in [0, 0.1) is 11.8 Å². The van der Waals surface area contributed by atoms with E-state index in [9.17, 15) is 9.59 Å². The number of methoxy groups -OCH3 is 1. The number of halogens is 2. The topological polar surface area (TPSA) is 127 Å². The first-order valence-corrected chi connectivity index (χ1v) is 12.3. The number of aromatic nitrogens is 3. The molecule has 4 rings (SSSR count). The number of ether oxygens (including phenoxy) is 2. The summed E-state index contributed by atoms with van der Waals surface area (Å²) in [4.78, 5) is 37.3. The van der Waals surface area contributed by atoms with Crippen LogP contribution in [0.4, 0.5) is 16.4 Å². The second kappa shape index (κ2) is 11.8. The van der Waals surface area contributed by atoms with Gasteiger partial charge in [-0.1, -0.05) is 23.2 Å². The third kappa shape index (κ3) is 6.71. The van der Waals surface area contributed by atoms with E-state index in [4.69, 9.17) is 27.9 Å². The average molecular weight is 523 g/mol. The van der Waals surface area contributed by atoms with Crippen molar-refractivity contribution in [1.29, 1.82) is 0 Å². The third-order valence-corrected chi connectivity index (χ3v) is 6.89.